The van der Waals surface area contributed by atoms with E-state index in [2.05, 4.69) is 33.0 Å². The highest BCUT2D eigenvalue weighted by atomic mass is 19.1. The van der Waals surface area contributed by atoms with Crippen LogP contribution in [0.2, 0.25) is 0 Å². The van der Waals surface area contributed by atoms with E-state index in [4.69, 9.17) is 0 Å². The second-order valence-corrected chi connectivity index (χ2v) is 9.34. The molecule has 1 saturated heterocycles. The SMILES string of the molecule is CC1(C)CC(C)(C)C1NC(=O)c1ccc(N2CCC(CO)CC2)c(F)c1. The van der Waals surface area contributed by atoms with Crippen LogP contribution in [0.4, 0.5) is 10.1 Å². The second-order valence-electron chi connectivity index (χ2n) is 9.34. The summed E-state index contributed by atoms with van der Waals surface area (Å²) in [4.78, 5) is 14.6. The van der Waals surface area contributed by atoms with E-state index < -0.39 is 0 Å². The molecular weight excluding hydrogens is 331 g/mol. The smallest absolute Gasteiger partial charge is 0.251 e. The number of halogens is 1. The van der Waals surface area contributed by atoms with Gasteiger partial charge in [-0.25, -0.2) is 4.39 Å². The first-order valence-electron chi connectivity index (χ1n) is 9.60. The first-order valence-corrected chi connectivity index (χ1v) is 9.60. The van der Waals surface area contributed by atoms with Gasteiger partial charge in [0.1, 0.15) is 5.82 Å². The van der Waals surface area contributed by atoms with Crippen molar-refractivity contribution in [3.8, 4) is 0 Å². The molecule has 0 aromatic heterocycles. The molecule has 4 nitrogen and oxygen atoms in total. The van der Waals surface area contributed by atoms with Crippen LogP contribution in [0.1, 0.15) is 57.3 Å². The Labute approximate surface area is 155 Å². The lowest BCUT2D eigenvalue weighted by molar-refractivity contribution is -0.0366. The van der Waals surface area contributed by atoms with E-state index >= 15 is 0 Å². The molecular formula is C21H31FN2O2. The van der Waals surface area contributed by atoms with Gasteiger partial charge in [-0.1, -0.05) is 27.7 Å². The fraction of sp³-hybridized carbons (Fsp3) is 0.667. The van der Waals surface area contributed by atoms with Crippen molar-refractivity contribution in [1.82, 2.24) is 5.32 Å². The molecule has 0 unspecified atom stereocenters. The van der Waals surface area contributed by atoms with E-state index in [1.807, 2.05) is 4.90 Å². The highest BCUT2D eigenvalue weighted by molar-refractivity contribution is 5.95. The van der Waals surface area contributed by atoms with Crippen molar-refractivity contribution >= 4 is 11.6 Å². The van der Waals surface area contributed by atoms with Crippen LogP contribution in [0, 0.1) is 22.6 Å². The minimum atomic E-state index is -0.354. The van der Waals surface area contributed by atoms with Gasteiger partial charge in [-0.15, -0.1) is 0 Å². The molecule has 2 N–H and O–H groups in total. The predicted molar refractivity (Wildman–Crippen MR) is 102 cm³/mol. The first-order chi connectivity index (χ1) is 12.1. The van der Waals surface area contributed by atoms with Gasteiger partial charge in [-0.05, 0) is 54.2 Å². The standard InChI is InChI=1S/C21H31FN2O2/c1-20(2)13-21(3,4)19(20)23-18(26)15-5-6-17(16(22)11-15)24-9-7-14(12-25)8-10-24/h5-6,11,14,19,25H,7-10,12-13H2,1-4H3,(H,23,26). The fourth-order valence-electron chi connectivity index (χ4n) is 5.17. The van der Waals surface area contributed by atoms with E-state index in [0.717, 1.165) is 32.4 Å². The lowest BCUT2D eigenvalue weighted by Crippen LogP contribution is -2.63. The Morgan fingerprint density at radius 3 is 2.35 bits per heavy atom. The number of aliphatic hydroxyl groups is 1. The maximum absolute atomic E-state index is 14.6. The summed E-state index contributed by atoms with van der Waals surface area (Å²) in [7, 11) is 0. The number of aliphatic hydroxyl groups excluding tert-OH is 1. The Hall–Kier alpha value is -1.62. The maximum Gasteiger partial charge on any atom is 0.251 e. The van der Waals surface area contributed by atoms with Crippen LogP contribution in [0.3, 0.4) is 0 Å². The summed E-state index contributed by atoms with van der Waals surface area (Å²) in [6.45, 7) is 10.3. The number of rotatable bonds is 4. The minimum absolute atomic E-state index is 0.0642. The van der Waals surface area contributed by atoms with Crippen molar-refractivity contribution in [3.63, 3.8) is 0 Å². The maximum atomic E-state index is 14.6. The number of anilines is 1. The van der Waals surface area contributed by atoms with E-state index in [1.54, 1.807) is 12.1 Å². The third-order valence-electron chi connectivity index (χ3n) is 6.17. The van der Waals surface area contributed by atoms with Gasteiger partial charge in [-0.3, -0.25) is 4.79 Å². The van der Waals surface area contributed by atoms with Gasteiger partial charge in [-0.2, -0.15) is 0 Å². The van der Waals surface area contributed by atoms with E-state index in [1.165, 1.54) is 6.07 Å². The van der Waals surface area contributed by atoms with Crippen LogP contribution in [0.25, 0.3) is 0 Å². The largest absolute Gasteiger partial charge is 0.396 e. The van der Waals surface area contributed by atoms with Gasteiger partial charge in [0.2, 0.25) is 0 Å². The van der Waals surface area contributed by atoms with Crippen LogP contribution >= 0.6 is 0 Å². The summed E-state index contributed by atoms with van der Waals surface area (Å²) in [5, 5.41) is 12.3. The number of carbonyl (C=O) groups is 1. The summed E-state index contributed by atoms with van der Waals surface area (Å²) in [6, 6.07) is 4.86. The van der Waals surface area contributed by atoms with E-state index in [-0.39, 0.29) is 35.2 Å². The minimum Gasteiger partial charge on any atom is -0.396 e. The van der Waals surface area contributed by atoms with Crippen LogP contribution < -0.4 is 10.2 Å². The van der Waals surface area contributed by atoms with Gasteiger partial charge in [0, 0.05) is 31.3 Å². The van der Waals surface area contributed by atoms with Gasteiger partial charge >= 0.3 is 0 Å². The van der Waals surface area contributed by atoms with Crippen LogP contribution in [-0.2, 0) is 0 Å². The van der Waals surface area contributed by atoms with Gasteiger partial charge in [0.25, 0.3) is 5.91 Å². The molecule has 1 aliphatic carbocycles. The van der Waals surface area contributed by atoms with Crippen molar-refractivity contribution in [1.29, 1.82) is 0 Å². The first kappa shape index (κ1) is 19.2. The van der Waals surface area contributed by atoms with Gasteiger partial charge in [0.05, 0.1) is 5.69 Å². The Balaban J connectivity index is 1.68. The molecule has 1 saturated carbocycles. The predicted octanol–water partition coefficient (Wildman–Crippen LogP) is 3.59. The number of nitrogens with one attached hydrogen (secondary N) is 1. The number of carbonyl (C=O) groups excluding carboxylic acids is 1. The molecule has 0 atom stereocenters. The number of nitrogens with zero attached hydrogens (tertiary/aromatic N) is 1. The van der Waals surface area contributed by atoms with Crippen LogP contribution in [0.5, 0.6) is 0 Å². The van der Waals surface area contributed by atoms with Crippen LogP contribution in [-0.4, -0.2) is 36.8 Å². The molecule has 0 radical (unpaired) electrons. The Bertz CT molecular complexity index is 665. The average Bonchev–Trinajstić information content (AvgIpc) is 2.58. The Morgan fingerprint density at radius 1 is 1.23 bits per heavy atom. The molecule has 144 valence electrons. The van der Waals surface area contributed by atoms with E-state index in [0.29, 0.717) is 17.2 Å². The number of benzene rings is 1. The lowest BCUT2D eigenvalue weighted by atomic mass is 9.52. The molecule has 1 heterocycles. The summed E-state index contributed by atoms with van der Waals surface area (Å²) >= 11 is 0. The molecule has 26 heavy (non-hydrogen) atoms. The van der Waals surface area contributed by atoms with Crippen molar-refractivity contribution in [3.05, 3.63) is 29.6 Å². The summed E-state index contributed by atoms with van der Waals surface area (Å²) in [5.41, 5.74) is 1.04. The molecule has 2 fully saturated rings. The van der Waals surface area contributed by atoms with Crippen molar-refractivity contribution in [2.45, 2.75) is 53.0 Å². The van der Waals surface area contributed by atoms with Crippen molar-refractivity contribution in [2.75, 3.05) is 24.6 Å². The Kier molecular flexibility index (Phi) is 5.04. The highest BCUT2D eigenvalue weighted by Gasteiger charge is 2.53. The van der Waals surface area contributed by atoms with Gasteiger partial charge < -0.3 is 15.3 Å². The zero-order chi connectivity index (χ0) is 19.1. The molecule has 3 rings (SSSR count). The zero-order valence-corrected chi connectivity index (χ0v) is 16.3. The third kappa shape index (κ3) is 3.59. The lowest BCUT2D eigenvalue weighted by Gasteiger charge is -2.57. The topological polar surface area (TPSA) is 52.6 Å². The van der Waals surface area contributed by atoms with Crippen molar-refractivity contribution in [2.24, 2.45) is 16.7 Å². The molecule has 1 aliphatic heterocycles. The van der Waals surface area contributed by atoms with Gasteiger partial charge in [0.15, 0.2) is 0 Å². The summed E-state index contributed by atoms with van der Waals surface area (Å²) in [6.07, 6.45) is 2.79. The molecule has 1 aromatic rings. The van der Waals surface area contributed by atoms with Crippen molar-refractivity contribution < 1.29 is 14.3 Å². The molecule has 1 amide bonds. The number of hydrogen-bond acceptors (Lipinski definition) is 3. The molecule has 0 spiro atoms. The number of hydrogen-bond donors (Lipinski definition) is 2. The fourth-order valence-corrected chi connectivity index (χ4v) is 5.17. The van der Waals surface area contributed by atoms with Crippen LogP contribution in [0.15, 0.2) is 18.2 Å². The molecule has 0 bridgehead atoms. The highest BCUT2D eigenvalue weighted by Crippen LogP contribution is 2.53. The number of piperidine rings is 1. The average molecular weight is 362 g/mol. The molecule has 5 heteroatoms. The quantitative estimate of drug-likeness (QED) is 0.861. The number of amides is 1. The summed E-state index contributed by atoms with van der Waals surface area (Å²) in [5.74, 6) is -0.249. The summed E-state index contributed by atoms with van der Waals surface area (Å²) < 4.78 is 14.6. The molecule has 1 aromatic carbocycles. The normalized spacial score (nSPS) is 22.8. The monoisotopic (exact) mass is 362 g/mol. The third-order valence-corrected chi connectivity index (χ3v) is 6.17. The Morgan fingerprint density at radius 2 is 1.85 bits per heavy atom. The van der Waals surface area contributed by atoms with E-state index in [9.17, 15) is 14.3 Å². The second kappa shape index (κ2) is 6.84. The zero-order valence-electron chi connectivity index (χ0n) is 16.3. The molecule has 2 aliphatic rings.